The molecule has 2 aromatic carbocycles. The number of nitrogens with one attached hydrogen (secondary N) is 1. The van der Waals surface area contributed by atoms with Crippen molar-refractivity contribution in [3.05, 3.63) is 59.2 Å². The number of benzene rings is 2. The predicted molar refractivity (Wildman–Crippen MR) is 96.4 cm³/mol. The second-order valence-electron chi connectivity index (χ2n) is 5.70. The second-order valence-corrected chi connectivity index (χ2v) is 5.70. The number of hydrogen-bond acceptors (Lipinski definition) is 4. The first-order chi connectivity index (χ1) is 11.9. The maximum absolute atomic E-state index is 12.1. The highest BCUT2D eigenvalue weighted by Gasteiger charge is 2.12. The minimum atomic E-state index is -0.955. The van der Waals surface area contributed by atoms with E-state index in [0.29, 0.717) is 24.5 Å². The number of carboxylic acid groups (broad SMARTS) is 1. The third-order valence-corrected chi connectivity index (χ3v) is 3.59. The minimum Gasteiger partial charge on any atom is -0.492 e. The predicted octanol–water partition coefficient (Wildman–Crippen LogP) is 3.10. The summed E-state index contributed by atoms with van der Waals surface area (Å²) < 4.78 is 5.63. The third-order valence-electron chi connectivity index (χ3n) is 3.59. The standard InChI is InChI=1S/C19H22N2O4/c1-4-25-17-11-14(18(22)21(2)3)8-9-16(17)20-12-13-6-5-7-15(10-13)19(23)24/h5-11,20H,4,12H2,1-3H3,(H,23,24). The molecule has 6 nitrogen and oxygen atoms in total. The van der Waals surface area contributed by atoms with Gasteiger partial charge in [-0.3, -0.25) is 4.79 Å². The van der Waals surface area contributed by atoms with Crippen LogP contribution < -0.4 is 10.1 Å². The molecule has 132 valence electrons. The van der Waals surface area contributed by atoms with E-state index >= 15 is 0 Å². The summed E-state index contributed by atoms with van der Waals surface area (Å²) in [6, 6.07) is 12.0. The van der Waals surface area contributed by atoms with Crippen LogP contribution in [0.5, 0.6) is 5.75 Å². The number of amides is 1. The van der Waals surface area contributed by atoms with Gasteiger partial charge < -0.3 is 20.1 Å². The van der Waals surface area contributed by atoms with Gasteiger partial charge in [-0.1, -0.05) is 12.1 Å². The van der Waals surface area contributed by atoms with Crippen molar-refractivity contribution in [2.45, 2.75) is 13.5 Å². The second kappa shape index (κ2) is 8.19. The van der Waals surface area contributed by atoms with Crippen LogP contribution in [0.3, 0.4) is 0 Å². The molecule has 0 spiro atoms. The van der Waals surface area contributed by atoms with Gasteiger partial charge in [-0.25, -0.2) is 4.79 Å². The molecule has 0 saturated carbocycles. The van der Waals surface area contributed by atoms with Gasteiger partial charge in [0.2, 0.25) is 0 Å². The zero-order valence-electron chi connectivity index (χ0n) is 14.6. The van der Waals surface area contributed by atoms with E-state index in [9.17, 15) is 9.59 Å². The highest BCUT2D eigenvalue weighted by Crippen LogP contribution is 2.27. The van der Waals surface area contributed by atoms with E-state index in [2.05, 4.69) is 5.32 Å². The zero-order valence-corrected chi connectivity index (χ0v) is 14.6. The normalized spacial score (nSPS) is 10.2. The first kappa shape index (κ1) is 18.3. The Bertz CT molecular complexity index is 772. The van der Waals surface area contributed by atoms with E-state index in [0.717, 1.165) is 11.3 Å². The SMILES string of the molecule is CCOc1cc(C(=O)N(C)C)ccc1NCc1cccc(C(=O)O)c1. The molecule has 0 atom stereocenters. The molecule has 0 saturated heterocycles. The molecule has 0 heterocycles. The van der Waals surface area contributed by atoms with Crippen molar-refractivity contribution >= 4 is 17.6 Å². The maximum atomic E-state index is 12.1. The van der Waals surface area contributed by atoms with Crippen LogP contribution in [0.15, 0.2) is 42.5 Å². The van der Waals surface area contributed by atoms with Crippen molar-refractivity contribution < 1.29 is 19.4 Å². The third kappa shape index (κ3) is 4.73. The van der Waals surface area contributed by atoms with Gasteiger partial charge in [-0.2, -0.15) is 0 Å². The van der Waals surface area contributed by atoms with Crippen LogP contribution in [0.4, 0.5) is 5.69 Å². The molecule has 0 bridgehead atoms. The number of carboxylic acids is 1. The van der Waals surface area contributed by atoms with Crippen LogP contribution in [-0.2, 0) is 6.54 Å². The van der Waals surface area contributed by atoms with Crippen molar-refractivity contribution in [1.29, 1.82) is 0 Å². The van der Waals surface area contributed by atoms with Gasteiger partial charge in [0.15, 0.2) is 0 Å². The molecule has 2 aromatic rings. The van der Waals surface area contributed by atoms with Crippen molar-refractivity contribution in [2.75, 3.05) is 26.0 Å². The molecule has 0 fully saturated rings. The van der Waals surface area contributed by atoms with Gasteiger partial charge in [0.1, 0.15) is 5.75 Å². The lowest BCUT2D eigenvalue weighted by Gasteiger charge is -2.16. The fourth-order valence-electron chi connectivity index (χ4n) is 2.35. The van der Waals surface area contributed by atoms with Gasteiger partial charge in [0, 0.05) is 26.2 Å². The summed E-state index contributed by atoms with van der Waals surface area (Å²) in [5.41, 5.74) is 2.39. The van der Waals surface area contributed by atoms with Gasteiger partial charge in [-0.05, 0) is 42.8 Å². The Kier molecular flexibility index (Phi) is 6.00. The van der Waals surface area contributed by atoms with Gasteiger partial charge >= 0.3 is 5.97 Å². The lowest BCUT2D eigenvalue weighted by molar-refractivity contribution is 0.0696. The number of rotatable bonds is 7. The molecule has 0 unspecified atom stereocenters. The summed E-state index contributed by atoms with van der Waals surface area (Å²) in [7, 11) is 3.40. The molecule has 0 aliphatic heterocycles. The largest absolute Gasteiger partial charge is 0.492 e. The maximum Gasteiger partial charge on any atom is 0.335 e. The van der Waals surface area contributed by atoms with Crippen molar-refractivity contribution in [3.8, 4) is 5.75 Å². The number of ether oxygens (including phenoxy) is 1. The topological polar surface area (TPSA) is 78.9 Å². The quantitative estimate of drug-likeness (QED) is 0.808. The molecular weight excluding hydrogens is 320 g/mol. The molecule has 2 N–H and O–H groups in total. The highest BCUT2D eigenvalue weighted by molar-refractivity contribution is 5.95. The molecule has 1 amide bonds. The van der Waals surface area contributed by atoms with E-state index < -0.39 is 5.97 Å². The molecule has 0 aromatic heterocycles. The van der Waals surface area contributed by atoms with E-state index in [4.69, 9.17) is 9.84 Å². The number of hydrogen-bond donors (Lipinski definition) is 2. The summed E-state index contributed by atoms with van der Waals surface area (Å²) >= 11 is 0. The summed E-state index contributed by atoms with van der Waals surface area (Å²) in [4.78, 5) is 24.6. The number of carbonyl (C=O) groups is 2. The fraction of sp³-hybridized carbons (Fsp3) is 0.263. The first-order valence-corrected chi connectivity index (χ1v) is 7.97. The Hall–Kier alpha value is -3.02. The summed E-state index contributed by atoms with van der Waals surface area (Å²) in [5, 5.41) is 12.3. The fourth-order valence-corrected chi connectivity index (χ4v) is 2.35. The Labute approximate surface area is 147 Å². The number of nitrogens with zero attached hydrogens (tertiary/aromatic N) is 1. The molecule has 6 heteroatoms. The van der Waals surface area contributed by atoms with E-state index in [1.807, 2.05) is 13.0 Å². The Morgan fingerprint density at radius 3 is 2.52 bits per heavy atom. The van der Waals surface area contributed by atoms with Crippen molar-refractivity contribution in [1.82, 2.24) is 4.90 Å². The monoisotopic (exact) mass is 342 g/mol. The van der Waals surface area contributed by atoms with Crippen LogP contribution in [-0.4, -0.2) is 42.6 Å². The van der Waals surface area contributed by atoms with Gasteiger partial charge in [0.25, 0.3) is 5.91 Å². The summed E-state index contributed by atoms with van der Waals surface area (Å²) in [6.07, 6.45) is 0. The molecular formula is C19H22N2O4. The Morgan fingerprint density at radius 2 is 1.88 bits per heavy atom. The smallest absolute Gasteiger partial charge is 0.335 e. The lowest BCUT2D eigenvalue weighted by Crippen LogP contribution is -2.21. The first-order valence-electron chi connectivity index (χ1n) is 7.97. The average molecular weight is 342 g/mol. The summed E-state index contributed by atoms with van der Waals surface area (Å²) in [5.74, 6) is -0.463. The summed E-state index contributed by atoms with van der Waals surface area (Å²) in [6.45, 7) is 2.80. The van der Waals surface area contributed by atoms with Gasteiger partial charge in [0.05, 0.1) is 17.9 Å². The van der Waals surface area contributed by atoms with E-state index in [1.54, 1.807) is 50.5 Å². The minimum absolute atomic E-state index is 0.0957. The molecule has 0 aliphatic carbocycles. The number of anilines is 1. The van der Waals surface area contributed by atoms with Gasteiger partial charge in [-0.15, -0.1) is 0 Å². The van der Waals surface area contributed by atoms with Crippen LogP contribution in [0.2, 0.25) is 0 Å². The van der Waals surface area contributed by atoms with Crippen LogP contribution in [0.25, 0.3) is 0 Å². The van der Waals surface area contributed by atoms with E-state index in [1.165, 1.54) is 4.90 Å². The highest BCUT2D eigenvalue weighted by atomic mass is 16.5. The molecule has 0 radical (unpaired) electrons. The van der Waals surface area contributed by atoms with Crippen LogP contribution >= 0.6 is 0 Å². The van der Waals surface area contributed by atoms with Crippen LogP contribution in [0.1, 0.15) is 33.2 Å². The lowest BCUT2D eigenvalue weighted by atomic mass is 10.1. The Morgan fingerprint density at radius 1 is 1.12 bits per heavy atom. The molecule has 2 rings (SSSR count). The zero-order chi connectivity index (χ0) is 18.4. The van der Waals surface area contributed by atoms with Crippen molar-refractivity contribution in [2.24, 2.45) is 0 Å². The average Bonchev–Trinajstić information content (AvgIpc) is 2.60. The molecule has 25 heavy (non-hydrogen) atoms. The van der Waals surface area contributed by atoms with Crippen LogP contribution in [0, 0.1) is 0 Å². The molecule has 0 aliphatic rings. The number of carbonyl (C=O) groups excluding carboxylic acids is 1. The Balaban J connectivity index is 2.19. The number of aromatic carboxylic acids is 1. The van der Waals surface area contributed by atoms with E-state index in [-0.39, 0.29) is 11.5 Å². The van der Waals surface area contributed by atoms with Crippen molar-refractivity contribution in [3.63, 3.8) is 0 Å².